The first kappa shape index (κ1) is 14.3. The van der Waals surface area contributed by atoms with Crippen LogP contribution in [0.15, 0.2) is 35.1 Å². The number of amides is 1. The van der Waals surface area contributed by atoms with Crippen molar-refractivity contribution in [3.63, 3.8) is 0 Å². The third-order valence-electron chi connectivity index (χ3n) is 3.64. The summed E-state index contributed by atoms with van der Waals surface area (Å²) in [5.74, 6) is -0.254. The molecule has 20 heavy (non-hydrogen) atoms. The van der Waals surface area contributed by atoms with Gasteiger partial charge < -0.3 is 10.3 Å². The molecule has 4 heteroatoms. The number of nitrogens with one attached hydrogen (secondary N) is 2. The standard InChI is InChI=1S/C16H20N2O2/c1-10(16(2,3)4)17-15(20)13-9-11-7-5-6-8-12(11)14(19)18-13/h5-10H,1-4H3,(H,17,20)(H,18,19). The summed E-state index contributed by atoms with van der Waals surface area (Å²) in [6.07, 6.45) is 0. The van der Waals surface area contributed by atoms with Crippen molar-refractivity contribution in [2.45, 2.75) is 33.7 Å². The maximum absolute atomic E-state index is 12.2. The normalized spacial score (nSPS) is 13.2. The number of rotatable bonds is 2. The van der Waals surface area contributed by atoms with E-state index in [9.17, 15) is 9.59 Å². The van der Waals surface area contributed by atoms with E-state index < -0.39 is 0 Å². The molecule has 0 bridgehead atoms. The molecule has 0 saturated heterocycles. The summed E-state index contributed by atoms with van der Waals surface area (Å²) >= 11 is 0. The molecule has 0 saturated carbocycles. The molecule has 0 fully saturated rings. The molecule has 0 spiro atoms. The van der Waals surface area contributed by atoms with Crippen LogP contribution in [-0.4, -0.2) is 16.9 Å². The molecule has 1 aromatic heterocycles. The van der Waals surface area contributed by atoms with Crippen LogP contribution in [0.4, 0.5) is 0 Å². The van der Waals surface area contributed by atoms with Crippen molar-refractivity contribution in [2.24, 2.45) is 5.41 Å². The van der Waals surface area contributed by atoms with Crippen LogP contribution in [0.3, 0.4) is 0 Å². The Morgan fingerprint density at radius 2 is 1.90 bits per heavy atom. The second-order valence-electron chi connectivity index (χ2n) is 6.16. The lowest BCUT2D eigenvalue weighted by Crippen LogP contribution is -2.42. The van der Waals surface area contributed by atoms with Crippen LogP contribution in [-0.2, 0) is 0 Å². The molecule has 2 rings (SSSR count). The molecule has 1 unspecified atom stereocenters. The van der Waals surface area contributed by atoms with E-state index in [-0.39, 0.29) is 22.9 Å². The highest BCUT2D eigenvalue weighted by Crippen LogP contribution is 2.19. The highest BCUT2D eigenvalue weighted by Gasteiger charge is 2.22. The Morgan fingerprint density at radius 1 is 1.25 bits per heavy atom. The van der Waals surface area contributed by atoms with Crippen LogP contribution in [0.2, 0.25) is 0 Å². The zero-order chi connectivity index (χ0) is 14.9. The Balaban J connectivity index is 2.34. The Labute approximate surface area is 118 Å². The molecule has 1 amide bonds. The Morgan fingerprint density at radius 3 is 2.55 bits per heavy atom. The van der Waals surface area contributed by atoms with Gasteiger partial charge in [-0.05, 0) is 29.9 Å². The molecule has 4 nitrogen and oxygen atoms in total. The minimum Gasteiger partial charge on any atom is -0.348 e. The number of hydrogen-bond donors (Lipinski definition) is 2. The van der Waals surface area contributed by atoms with Crippen molar-refractivity contribution >= 4 is 16.7 Å². The highest BCUT2D eigenvalue weighted by molar-refractivity contribution is 5.96. The Hall–Kier alpha value is -2.10. The molecule has 0 aliphatic heterocycles. The first-order valence-electron chi connectivity index (χ1n) is 6.72. The zero-order valence-electron chi connectivity index (χ0n) is 12.3. The van der Waals surface area contributed by atoms with Gasteiger partial charge in [-0.3, -0.25) is 9.59 Å². The molecule has 0 radical (unpaired) electrons. The number of pyridine rings is 1. The number of carbonyl (C=O) groups is 1. The maximum atomic E-state index is 12.2. The summed E-state index contributed by atoms with van der Waals surface area (Å²) in [5, 5.41) is 4.28. The van der Waals surface area contributed by atoms with Crippen molar-refractivity contribution in [2.75, 3.05) is 0 Å². The summed E-state index contributed by atoms with van der Waals surface area (Å²) in [6, 6.07) is 8.94. The van der Waals surface area contributed by atoms with Crippen molar-refractivity contribution in [3.8, 4) is 0 Å². The van der Waals surface area contributed by atoms with Crippen LogP contribution >= 0.6 is 0 Å². The smallest absolute Gasteiger partial charge is 0.268 e. The van der Waals surface area contributed by atoms with E-state index in [1.54, 1.807) is 18.2 Å². The van der Waals surface area contributed by atoms with E-state index in [0.717, 1.165) is 5.39 Å². The topological polar surface area (TPSA) is 62.0 Å². The Kier molecular flexibility index (Phi) is 3.66. The van der Waals surface area contributed by atoms with Crippen LogP contribution in [0.1, 0.15) is 38.2 Å². The van der Waals surface area contributed by atoms with Gasteiger partial charge in [-0.15, -0.1) is 0 Å². The number of aromatic nitrogens is 1. The van der Waals surface area contributed by atoms with E-state index in [2.05, 4.69) is 31.1 Å². The summed E-state index contributed by atoms with van der Waals surface area (Å²) in [7, 11) is 0. The fraction of sp³-hybridized carbons (Fsp3) is 0.375. The molecule has 0 aliphatic rings. The number of hydrogen-bond acceptors (Lipinski definition) is 2. The summed E-state index contributed by atoms with van der Waals surface area (Å²) in [5.41, 5.74) is 0.0220. The molecule has 2 N–H and O–H groups in total. The second-order valence-corrected chi connectivity index (χ2v) is 6.16. The van der Waals surface area contributed by atoms with Crippen LogP contribution < -0.4 is 10.9 Å². The Bertz CT molecular complexity index is 695. The average molecular weight is 272 g/mol. The number of benzene rings is 1. The molecule has 1 aromatic carbocycles. The minimum absolute atomic E-state index is 0.00460. The van der Waals surface area contributed by atoms with Gasteiger partial charge in [0.25, 0.3) is 11.5 Å². The van der Waals surface area contributed by atoms with Crippen molar-refractivity contribution in [1.29, 1.82) is 0 Å². The molecular weight excluding hydrogens is 252 g/mol. The van der Waals surface area contributed by atoms with Gasteiger partial charge in [-0.2, -0.15) is 0 Å². The lowest BCUT2D eigenvalue weighted by molar-refractivity contribution is 0.0905. The number of carbonyl (C=O) groups excluding carboxylic acids is 1. The largest absolute Gasteiger partial charge is 0.348 e. The van der Waals surface area contributed by atoms with Crippen LogP contribution in [0.5, 0.6) is 0 Å². The van der Waals surface area contributed by atoms with Gasteiger partial charge in [-0.1, -0.05) is 39.0 Å². The van der Waals surface area contributed by atoms with Crippen molar-refractivity contribution in [1.82, 2.24) is 10.3 Å². The van der Waals surface area contributed by atoms with E-state index in [1.165, 1.54) is 0 Å². The van der Waals surface area contributed by atoms with E-state index in [0.29, 0.717) is 11.1 Å². The molecule has 2 aromatic rings. The first-order chi connectivity index (χ1) is 9.29. The van der Waals surface area contributed by atoms with Crippen LogP contribution in [0.25, 0.3) is 10.8 Å². The number of H-pyrrole nitrogens is 1. The van der Waals surface area contributed by atoms with Gasteiger partial charge in [0.15, 0.2) is 0 Å². The maximum Gasteiger partial charge on any atom is 0.268 e. The fourth-order valence-electron chi connectivity index (χ4n) is 1.82. The number of aromatic amines is 1. The average Bonchev–Trinajstić information content (AvgIpc) is 2.37. The summed E-state index contributed by atoms with van der Waals surface area (Å²) < 4.78 is 0. The first-order valence-corrected chi connectivity index (χ1v) is 6.72. The number of fused-ring (bicyclic) bond motifs is 1. The molecule has 0 aliphatic carbocycles. The minimum atomic E-state index is -0.254. The van der Waals surface area contributed by atoms with E-state index in [1.807, 2.05) is 19.1 Å². The quantitative estimate of drug-likeness (QED) is 0.883. The second kappa shape index (κ2) is 5.12. The van der Waals surface area contributed by atoms with Gasteiger partial charge in [0, 0.05) is 11.4 Å². The molecule has 1 atom stereocenters. The van der Waals surface area contributed by atoms with Gasteiger partial charge in [-0.25, -0.2) is 0 Å². The SMILES string of the molecule is CC(NC(=O)c1cc2ccccc2c(=O)[nH]1)C(C)(C)C. The third kappa shape index (κ3) is 2.90. The molecule has 1 heterocycles. The summed E-state index contributed by atoms with van der Waals surface area (Å²) in [6.45, 7) is 8.13. The summed E-state index contributed by atoms with van der Waals surface area (Å²) in [4.78, 5) is 26.8. The van der Waals surface area contributed by atoms with Gasteiger partial charge in [0.05, 0.1) is 0 Å². The predicted molar refractivity (Wildman–Crippen MR) is 81.0 cm³/mol. The monoisotopic (exact) mass is 272 g/mol. The van der Waals surface area contributed by atoms with Crippen molar-refractivity contribution < 1.29 is 4.79 Å². The molecule has 106 valence electrons. The predicted octanol–water partition coefficient (Wildman–Crippen LogP) is 2.69. The highest BCUT2D eigenvalue weighted by atomic mass is 16.2. The fourth-order valence-corrected chi connectivity index (χ4v) is 1.82. The van der Waals surface area contributed by atoms with Gasteiger partial charge >= 0.3 is 0 Å². The zero-order valence-corrected chi connectivity index (χ0v) is 12.3. The van der Waals surface area contributed by atoms with E-state index >= 15 is 0 Å². The van der Waals surface area contributed by atoms with E-state index in [4.69, 9.17) is 0 Å². The lowest BCUT2D eigenvalue weighted by atomic mass is 9.88. The van der Waals surface area contributed by atoms with Crippen LogP contribution in [0, 0.1) is 5.41 Å². The van der Waals surface area contributed by atoms with Gasteiger partial charge in [0.2, 0.25) is 0 Å². The van der Waals surface area contributed by atoms with Crippen molar-refractivity contribution in [3.05, 3.63) is 46.4 Å². The third-order valence-corrected chi connectivity index (χ3v) is 3.64. The lowest BCUT2D eigenvalue weighted by Gasteiger charge is -2.28. The van der Waals surface area contributed by atoms with Gasteiger partial charge in [0.1, 0.15) is 5.69 Å². The molecular formula is C16H20N2O2.